The minimum Gasteiger partial charge on any atom is -0.469 e. The van der Waals surface area contributed by atoms with Gasteiger partial charge in [0.1, 0.15) is 6.10 Å². The molecule has 0 spiro atoms. The van der Waals surface area contributed by atoms with Crippen molar-refractivity contribution in [2.75, 3.05) is 32.2 Å². The second-order valence-corrected chi connectivity index (χ2v) is 13.5. The highest BCUT2D eigenvalue weighted by atomic mass is 35.5. The molecule has 1 aromatic heterocycles. The minimum absolute atomic E-state index is 0.0273. The van der Waals surface area contributed by atoms with Crippen LogP contribution in [0.15, 0.2) is 42.6 Å². The van der Waals surface area contributed by atoms with Crippen molar-refractivity contribution in [1.29, 1.82) is 0 Å². The first kappa shape index (κ1) is 36.7. The summed E-state index contributed by atoms with van der Waals surface area (Å²) in [7, 11) is 2.97. The third-order valence-corrected chi connectivity index (χ3v) is 10.3. The van der Waals surface area contributed by atoms with Gasteiger partial charge in [0.25, 0.3) is 0 Å². The van der Waals surface area contributed by atoms with Gasteiger partial charge in [-0.2, -0.15) is 26.3 Å². The van der Waals surface area contributed by atoms with E-state index in [-0.39, 0.29) is 36.5 Å². The molecule has 2 atom stereocenters. The number of methoxy groups -OCH3 is 2. The molecule has 1 saturated carbocycles. The molecular formula is C35H35ClF6N4O5. The van der Waals surface area contributed by atoms with Gasteiger partial charge in [-0.25, -0.2) is 14.8 Å². The summed E-state index contributed by atoms with van der Waals surface area (Å²) in [6.07, 6.45) is -8.10. The van der Waals surface area contributed by atoms with E-state index in [2.05, 4.69) is 4.98 Å². The molecule has 3 heterocycles. The molecule has 51 heavy (non-hydrogen) atoms. The molecule has 2 aliphatic heterocycles. The van der Waals surface area contributed by atoms with Crippen molar-refractivity contribution in [3.8, 4) is 11.1 Å². The highest BCUT2D eigenvalue weighted by Crippen LogP contribution is 2.43. The van der Waals surface area contributed by atoms with Crippen molar-refractivity contribution in [1.82, 2.24) is 14.9 Å². The highest BCUT2D eigenvalue weighted by molar-refractivity contribution is 6.33. The first-order valence-corrected chi connectivity index (χ1v) is 16.7. The zero-order valence-corrected chi connectivity index (χ0v) is 28.6. The Labute approximate surface area is 294 Å². The van der Waals surface area contributed by atoms with E-state index in [1.54, 1.807) is 19.4 Å². The molecule has 2 saturated heterocycles. The minimum atomic E-state index is -5.07. The Hall–Kier alpha value is -4.11. The van der Waals surface area contributed by atoms with Gasteiger partial charge < -0.3 is 19.1 Å². The van der Waals surface area contributed by atoms with E-state index in [1.807, 2.05) is 17.0 Å². The fourth-order valence-electron chi connectivity index (χ4n) is 6.95. The lowest BCUT2D eigenvalue weighted by molar-refractivity contribution is -0.147. The van der Waals surface area contributed by atoms with Gasteiger partial charge in [0.05, 0.1) is 48.5 Å². The molecule has 1 amide bonds. The summed E-state index contributed by atoms with van der Waals surface area (Å²) in [4.78, 5) is 37.8. The third-order valence-electron chi connectivity index (χ3n) is 9.98. The molecule has 3 aliphatic rings. The second kappa shape index (κ2) is 14.1. The van der Waals surface area contributed by atoms with Gasteiger partial charge in [-0.15, -0.1) is 0 Å². The number of rotatable bonds is 8. The lowest BCUT2D eigenvalue weighted by Gasteiger charge is -2.38. The van der Waals surface area contributed by atoms with E-state index in [0.29, 0.717) is 65.9 Å². The maximum Gasteiger partial charge on any atom is 0.416 e. The summed E-state index contributed by atoms with van der Waals surface area (Å²) in [5.74, 6) is 0.102. The highest BCUT2D eigenvalue weighted by Gasteiger charge is 2.44. The van der Waals surface area contributed by atoms with Gasteiger partial charge in [0, 0.05) is 42.5 Å². The van der Waals surface area contributed by atoms with Crippen molar-refractivity contribution in [3.05, 3.63) is 75.6 Å². The van der Waals surface area contributed by atoms with E-state index in [9.17, 15) is 35.9 Å². The first-order chi connectivity index (χ1) is 24.1. The van der Waals surface area contributed by atoms with Crippen LogP contribution in [-0.4, -0.2) is 66.4 Å². The van der Waals surface area contributed by atoms with Gasteiger partial charge in [0.15, 0.2) is 0 Å². The van der Waals surface area contributed by atoms with E-state index >= 15 is 0 Å². The van der Waals surface area contributed by atoms with Crippen molar-refractivity contribution in [2.45, 2.75) is 75.7 Å². The van der Waals surface area contributed by atoms with Crippen LogP contribution in [0.5, 0.6) is 0 Å². The monoisotopic (exact) mass is 740 g/mol. The number of esters is 1. The number of cyclic esters (lactones) is 1. The SMILES string of the molecule is COC(=O)C1CCC(c2ccc(Cl)c(-c3cnc(N4CC(OC)C4)nc3CN3C(=O)O[C@H](c4cc(C(F)(F)F)cc(C(F)(F)F)c4)[C@@H]3C)c2)CC1. The Balaban J connectivity index is 1.33. The molecule has 1 aliphatic carbocycles. The Morgan fingerprint density at radius 3 is 2.18 bits per heavy atom. The topological polar surface area (TPSA) is 94.1 Å². The zero-order valence-electron chi connectivity index (χ0n) is 27.9. The van der Waals surface area contributed by atoms with Gasteiger partial charge >= 0.3 is 24.4 Å². The van der Waals surface area contributed by atoms with Crippen molar-refractivity contribution in [3.63, 3.8) is 0 Å². The van der Waals surface area contributed by atoms with Crippen LogP contribution < -0.4 is 4.90 Å². The zero-order chi connectivity index (χ0) is 36.8. The first-order valence-electron chi connectivity index (χ1n) is 16.3. The van der Waals surface area contributed by atoms with E-state index < -0.39 is 47.3 Å². The van der Waals surface area contributed by atoms with Crippen LogP contribution in [0.2, 0.25) is 5.02 Å². The average molecular weight is 741 g/mol. The maximum absolute atomic E-state index is 13.7. The van der Waals surface area contributed by atoms with Crippen molar-refractivity contribution >= 4 is 29.6 Å². The van der Waals surface area contributed by atoms with Crippen LogP contribution in [0.25, 0.3) is 11.1 Å². The molecule has 274 valence electrons. The summed E-state index contributed by atoms with van der Waals surface area (Å²) >= 11 is 6.75. The lowest BCUT2D eigenvalue weighted by atomic mass is 9.78. The largest absolute Gasteiger partial charge is 0.469 e. The number of alkyl halides is 6. The number of anilines is 1. The van der Waals surface area contributed by atoms with Crippen LogP contribution in [0.4, 0.5) is 37.1 Å². The fourth-order valence-corrected chi connectivity index (χ4v) is 7.17. The normalized spacial score (nSPS) is 22.9. The lowest BCUT2D eigenvalue weighted by Crippen LogP contribution is -2.52. The molecule has 0 N–H and O–H groups in total. The van der Waals surface area contributed by atoms with Crippen LogP contribution in [0.3, 0.4) is 0 Å². The summed E-state index contributed by atoms with van der Waals surface area (Å²) in [5.41, 5.74) is -1.06. The Kier molecular flexibility index (Phi) is 10.2. The predicted molar refractivity (Wildman–Crippen MR) is 173 cm³/mol. The number of ether oxygens (including phenoxy) is 3. The second-order valence-electron chi connectivity index (χ2n) is 13.1. The number of aromatic nitrogens is 2. The molecule has 0 unspecified atom stereocenters. The maximum atomic E-state index is 13.7. The molecule has 2 aromatic carbocycles. The van der Waals surface area contributed by atoms with Gasteiger partial charge in [-0.05, 0) is 80.0 Å². The molecule has 3 fully saturated rings. The number of amides is 1. The van der Waals surface area contributed by atoms with Gasteiger partial charge in [-0.1, -0.05) is 17.7 Å². The molecule has 9 nitrogen and oxygen atoms in total. The molecular weight excluding hydrogens is 706 g/mol. The predicted octanol–water partition coefficient (Wildman–Crippen LogP) is 8.20. The van der Waals surface area contributed by atoms with Crippen LogP contribution >= 0.6 is 11.6 Å². The fraction of sp³-hybridized carbons (Fsp3) is 0.486. The van der Waals surface area contributed by atoms with Gasteiger partial charge in [0.2, 0.25) is 5.95 Å². The number of carbonyl (C=O) groups is 2. The third kappa shape index (κ3) is 7.59. The molecule has 0 radical (unpaired) electrons. The van der Waals surface area contributed by atoms with Crippen LogP contribution in [0.1, 0.15) is 72.6 Å². The van der Waals surface area contributed by atoms with E-state index in [4.69, 9.17) is 30.8 Å². The standard InChI is InChI=1S/C35H35ClF6N4O5/c1-18-30(22-10-23(34(37,38)39)13-24(11-22)35(40,41)42)51-33(48)46(18)17-29-27(14-43-32(44-29)45-15-25(16-45)49-2)26-12-21(8-9-28(26)36)19-4-6-20(7-5-19)31(47)50-3/h8-14,18-20,25,30H,4-7,15-17H2,1-3H3/t18-,19?,20?,30-/m0/s1. The molecule has 0 bridgehead atoms. The van der Waals surface area contributed by atoms with Crippen LogP contribution in [0, 0.1) is 5.92 Å². The molecule has 3 aromatic rings. The number of halogens is 7. The Morgan fingerprint density at radius 2 is 1.59 bits per heavy atom. The summed E-state index contributed by atoms with van der Waals surface area (Å²) in [6, 6.07) is 5.79. The van der Waals surface area contributed by atoms with Crippen molar-refractivity contribution < 1.29 is 50.1 Å². The van der Waals surface area contributed by atoms with E-state index in [1.165, 1.54) is 18.9 Å². The molecule has 16 heteroatoms. The smallest absolute Gasteiger partial charge is 0.416 e. The average Bonchev–Trinajstić information content (AvgIpc) is 3.35. The quantitative estimate of drug-likeness (QED) is 0.169. The number of benzene rings is 2. The van der Waals surface area contributed by atoms with E-state index in [0.717, 1.165) is 18.4 Å². The number of nitrogens with zero attached hydrogens (tertiary/aromatic N) is 4. The Bertz CT molecular complexity index is 1760. The summed E-state index contributed by atoms with van der Waals surface area (Å²) in [6.45, 7) is 2.31. The number of carbonyl (C=O) groups excluding carboxylic acids is 2. The summed E-state index contributed by atoms with van der Waals surface area (Å²) < 4.78 is 97.7. The summed E-state index contributed by atoms with van der Waals surface area (Å²) in [5, 5.41) is 0.376. The van der Waals surface area contributed by atoms with Crippen molar-refractivity contribution in [2.24, 2.45) is 5.92 Å². The van der Waals surface area contributed by atoms with Crippen LogP contribution in [-0.2, 0) is 37.9 Å². The Morgan fingerprint density at radius 1 is 0.941 bits per heavy atom. The van der Waals surface area contributed by atoms with Gasteiger partial charge in [-0.3, -0.25) is 9.69 Å². The molecule has 6 rings (SSSR count). The number of hydrogen-bond acceptors (Lipinski definition) is 8. The number of hydrogen-bond donors (Lipinski definition) is 0.